The van der Waals surface area contributed by atoms with Crippen molar-refractivity contribution < 1.29 is 9.53 Å². The molecule has 0 aliphatic rings. The fraction of sp³-hybridized carbons (Fsp3) is 0.250. The van der Waals surface area contributed by atoms with E-state index in [1.54, 1.807) is 6.20 Å². The van der Waals surface area contributed by atoms with Gasteiger partial charge in [-0.2, -0.15) is 0 Å². The predicted octanol–water partition coefficient (Wildman–Crippen LogP) is 3.76. The van der Waals surface area contributed by atoms with Crippen LogP contribution in [0.5, 0.6) is 5.75 Å². The number of nitrogens with zero attached hydrogens (tertiary/aromatic N) is 3. The van der Waals surface area contributed by atoms with E-state index in [-0.39, 0.29) is 24.4 Å². The van der Waals surface area contributed by atoms with Crippen LogP contribution in [0.2, 0.25) is 0 Å². The average Bonchev–Trinajstić information content (AvgIpc) is 3.11. The van der Waals surface area contributed by atoms with Crippen molar-refractivity contribution in [3.8, 4) is 5.75 Å². The number of pyridine rings is 1. The summed E-state index contributed by atoms with van der Waals surface area (Å²) in [5.41, 5.74) is 2.65. The van der Waals surface area contributed by atoms with E-state index in [1.165, 1.54) is 22.2 Å². The summed E-state index contributed by atoms with van der Waals surface area (Å²) in [6, 6.07) is 13.3. The molecule has 1 amide bonds. The van der Waals surface area contributed by atoms with Crippen molar-refractivity contribution >= 4 is 27.5 Å². The van der Waals surface area contributed by atoms with Crippen molar-refractivity contribution in [2.24, 2.45) is 0 Å². The number of thiophene rings is 1. The van der Waals surface area contributed by atoms with Crippen LogP contribution in [0.3, 0.4) is 0 Å². The fourth-order valence-electron chi connectivity index (χ4n) is 3.33. The SMILES string of the molecule is Cc1sc2ncn(CCC(=O)NCc3cccc(OCc4ccccn4)c3)c(=O)c2c1C. The second-order valence-electron chi connectivity index (χ2n) is 7.49. The lowest BCUT2D eigenvalue weighted by Crippen LogP contribution is -2.27. The summed E-state index contributed by atoms with van der Waals surface area (Å²) in [5, 5.41) is 3.55. The van der Waals surface area contributed by atoms with Gasteiger partial charge in [0.2, 0.25) is 5.91 Å². The molecule has 8 heteroatoms. The number of nitrogens with one attached hydrogen (secondary N) is 1. The molecule has 32 heavy (non-hydrogen) atoms. The Hall–Kier alpha value is -3.52. The molecule has 0 unspecified atom stereocenters. The second-order valence-corrected chi connectivity index (χ2v) is 8.69. The Morgan fingerprint density at radius 3 is 2.84 bits per heavy atom. The zero-order valence-electron chi connectivity index (χ0n) is 18.0. The highest BCUT2D eigenvalue weighted by Gasteiger charge is 2.12. The normalized spacial score (nSPS) is 10.9. The maximum Gasteiger partial charge on any atom is 0.262 e. The largest absolute Gasteiger partial charge is 0.487 e. The van der Waals surface area contributed by atoms with Gasteiger partial charge in [-0.05, 0) is 49.2 Å². The molecule has 0 atom stereocenters. The van der Waals surface area contributed by atoms with Gasteiger partial charge < -0.3 is 10.1 Å². The lowest BCUT2D eigenvalue weighted by Gasteiger charge is -2.09. The number of hydrogen-bond donors (Lipinski definition) is 1. The van der Waals surface area contributed by atoms with Gasteiger partial charge in [-0.15, -0.1) is 11.3 Å². The number of amides is 1. The minimum absolute atomic E-state index is 0.0950. The molecule has 3 heterocycles. The molecular formula is C24H24N4O3S. The molecule has 0 aliphatic carbocycles. The Bertz CT molecular complexity index is 1300. The van der Waals surface area contributed by atoms with Crippen molar-refractivity contribution in [3.63, 3.8) is 0 Å². The zero-order chi connectivity index (χ0) is 22.5. The molecule has 1 N–H and O–H groups in total. The van der Waals surface area contributed by atoms with Gasteiger partial charge in [0.15, 0.2) is 0 Å². The van der Waals surface area contributed by atoms with E-state index < -0.39 is 0 Å². The van der Waals surface area contributed by atoms with E-state index in [4.69, 9.17) is 4.74 Å². The smallest absolute Gasteiger partial charge is 0.262 e. The number of rotatable bonds is 8. The summed E-state index contributed by atoms with van der Waals surface area (Å²) >= 11 is 1.52. The monoisotopic (exact) mass is 448 g/mol. The van der Waals surface area contributed by atoms with Gasteiger partial charge in [-0.25, -0.2) is 4.98 Å². The van der Waals surface area contributed by atoms with Gasteiger partial charge in [0.05, 0.1) is 17.4 Å². The van der Waals surface area contributed by atoms with Crippen LogP contribution >= 0.6 is 11.3 Å². The summed E-state index contributed by atoms with van der Waals surface area (Å²) in [4.78, 5) is 35.5. The van der Waals surface area contributed by atoms with E-state index in [1.807, 2.05) is 56.3 Å². The molecule has 4 rings (SSSR count). The first-order chi connectivity index (χ1) is 15.5. The molecule has 0 aliphatic heterocycles. The van der Waals surface area contributed by atoms with Gasteiger partial charge in [0.1, 0.15) is 17.2 Å². The Balaban J connectivity index is 1.31. The molecule has 0 saturated carbocycles. The van der Waals surface area contributed by atoms with Crippen LogP contribution in [0.1, 0.15) is 28.1 Å². The Morgan fingerprint density at radius 1 is 1.16 bits per heavy atom. The number of fused-ring (bicyclic) bond motifs is 1. The molecule has 4 aromatic rings. The zero-order valence-corrected chi connectivity index (χ0v) is 18.8. The summed E-state index contributed by atoms with van der Waals surface area (Å²) in [5.74, 6) is 0.588. The molecule has 0 bridgehead atoms. The van der Waals surface area contributed by atoms with Gasteiger partial charge in [-0.1, -0.05) is 18.2 Å². The predicted molar refractivity (Wildman–Crippen MR) is 125 cm³/mol. The minimum atomic E-state index is -0.130. The van der Waals surface area contributed by atoms with Crippen LogP contribution in [0.25, 0.3) is 10.2 Å². The van der Waals surface area contributed by atoms with Crippen molar-refractivity contribution in [1.29, 1.82) is 0 Å². The molecule has 7 nitrogen and oxygen atoms in total. The Kier molecular flexibility index (Phi) is 6.61. The van der Waals surface area contributed by atoms with E-state index >= 15 is 0 Å². The fourth-order valence-corrected chi connectivity index (χ4v) is 4.31. The lowest BCUT2D eigenvalue weighted by atomic mass is 10.2. The third-order valence-corrected chi connectivity index (χ3v) is 6.35. The lowest BCUT2D eigenvalue weighted by molar-refractivity contribution is -0.121. The Labute approximate surface area is 189 Å². The first kappa shape index (κ1) is 21.7. The van der Waals surface area contributed by atoms with Crippen LogP contribution in [-0.4, -0.2) is 20.4 Å². The standard InChI is InChI=1S/C24H24N4O3S/c1-16-17(2)32-23-22(16)24(30)28(15-27-23)11-9-21(29)26-13-18-6-5-8-20(12-18)31-14-19-7-3-4-10-25-19/h3-8,10,12,15H,9,11,13-14H2,1-2H3,(H,26,29). The number of ether oxygens (including phenoxy) is 1. The molecular weight excluding hydrogens is 424 g/mol. The number of benzene rings is 1. The van der Waals surface area contributed by atoms with Crippen molar-refractivity contribution in [2.75, 3.05) is 0 Å². The highest BCUT2D eigenvalue weighted by atomic mass is 32.1. The summed E-state index contributed by atoms with van der Waals surface area (Å²) in [6.45, 7) is 4.97. The van der Waals surface area contributed by atoms with Gasteiger partial charge in [-0.3, -0.25) is 19.1 Å². The molecule has 1 aromatic carbocycles. The summed E-state index contributed by atoms with van der Waals surface area (Å²) in [7, 11) is 0. The van der Waals surface area contributed by atoms with Crippen molar-refractivity contribution in [1.82, 2.24) is 19.9 Å². The molecule has 164 valence electrons. The maximum absolute atomic E-state index is 12.7. The summed E-state index contributed by atoms with van der Waals surface area (Å²) < 4.78 is 7.29. The quantitative estimate of drug-likeness (QED) is 0.444. The number of carbonyl (C=O) groups excluding carboxylic acids is 1. The number of aryl methyl sites for hydroxylation is 3. The van der Waals surface area contributed by atoms with Crippen molar-refractivity contribution in [2.45, 2.75) is 40.0 Å². The van der Waals surface area contributed by atoms with E-state index in [0.29, 0.717) is 18.5 Å². The topological polar surface area (TPSA) is 86.1 Å². The molecule has 0 spiro atoms. The van der Waals surface area contributed by atoms with Crippen LogP contribution in [0, 0.1) is 13.8 Å². The third-order valence-electron chi connectivity index (χ3n) is 5.24. The van der Waals surface area contributed by atoms with Gasteiger partial charge >= 0.3 is 0 Å². The van der Waals surface area contributed by atoms with E-state index in [2.05, 4.69) is 15.3 Å². The van der Waals surface area contributed by atoms with Crippen LogP contribution in [-0.2, 0) is 24.5 Å². The van der Waals surface area contributed by atoms with Crippen LogP contribution < -0.4 is 15.6 Å². The van der Waals surface area contributed by atoms with E-state index in [9.17, 15) is 9.59 Å². The molecule has 3 aromatic heterocycles. The first-order valence-corrected chi connectivity index (χ1v) is 11.2. The summed E-state index contributed by atoms with van der Waals surface area (Å²) in [6.07, 6.45) is 3.45. The van der Waals surface area contributed by atoms with Gasteiger partial charge in [0, 0.05) is 30.6 Å². The second kappa shape index (κ2) is 9.74. The van der Waals surface area contributed by atoms with Crippen LogP contribution in [0.15, 0.2) is 59.8 Å². The third kappa shape index (κ3) is 5.03. The van der Waals surface area contributed by atoms with Gasteiger partial charge in [0.25, 0.3) is 5.56 Å². The van der Waals surface area contributed by atoms with Crippen molar-refractivity contribution in [3.05, 3.63) is 87.0 Å². The Morgan fingerprint density at radius 2 is 2.03 bits per heavy atom. The number of hydrogen-bond acceptors (Lipinski definition) is 6. The highest BCUT2D eigenvalue weighted by Crippen LogP contribution is 2.25. The first-order valence-electron chi connectivity index (χ1n) is 10.3. The average molecular weight is 449 g/mol. The number of carbonyl (C=O) groups is 1. The molecule has 0 fully saturated rings. The highest BCUT2D eigenvalue weighted by molar-refractivity contribution is 7.18. The maximum atomic E-state index is 12.7. The molecule has 0 saturated heterocycles. The molecule has 0 radical (unpaired) electrons. The minimum Gasteiger partial charge on any atom is -0.487 e. The number of aromatic nitrogens is 3. The van der Waals surface area contributed by atoms with Crippen LogP contribution in [0.4, 0.5) is 0 Å². The van der Waals surface area contributed by atoms with E-state index in [0.717, 1.165) is 32.3 Å².